The number of hydrogen-bond acceptors (Lipinski definition) is 5. The van der Waals surface area contributed by atoms with E-state index in [9.17, 15) is 0 Å². The predicted octanol–water partition coefficient (Wildman–Crippen LogP) is 2.35. The van der Waals surface area contributed by atoms with E-state index in [1.54, 1.807) is 14.2 Å². The van der Waals surface area contributed by atoms with Crippen LogP contribution < -0.4 is 20.1 Å². The highest BCUT2D eigenvalue weighted by Gasteiger charge is 2.23. The smallest absolute Gasteiger partial charge is 0.191 e. The summed E-state index contributed by atoms with van der Waals surface area (Å²) < 4.78 is 16.8. The second kappa shape index (κ2) is 13.1. The first-order chi connectivity index (χ1) is 13.0. The molecule has 1 aliphatic heterocycles. The summed E-state index contributed by atoms with van der Waals surface area (Å²) in [6, 6.07) is 8.52. The number of ether oxygens (including phenoxy) is 3. The van der Waals surface area contributed by atoms with E-state index in [2.05, 4.69) is 34.4 Å². The molecular formula is C20H35IN4O3. The monoisotopic (exact) mass is 506 g/mol. The van der Waals surface area contributed by atoms with Gasteiger partial charge in [0.15, 0.2) is 17.5 Å². The lowest BCUT2D eigenvalue weighted by Gasteiger charge is -2.38. The van der Waals surface area contributed by atoms with Gasteiger partial charge >= 0.3 is 0 Å². The topological polar surface area (TPSA) is 67.4 Å². The fourth-order valence-corrected chi connectivity index (χ4v) is 3.19. The Balaban J connectivity index is 0.00000392. The van der Waals surface area contributed by atoms with Crippen LogP contribution in [0.2, 0.25) is 0 Å². The molecule has 0 amide bonds. The first-order valence-corrected chi connectivity index (χ1v) is 9.62. The number of guanidine groups is 1. The van der Waals surface area contributed by atoms with E-state index in [0.717, 1.165) is 43.8 Å². The van der Waals surface area contributed by atoms with Crippen LogP contribution in [0.1, 0.15) is 20.8 Å². The Morgan fingerprint density at radius 1 is 1.25 bits per heavy atom. The standard InChI is InChI=1S/C20H34N4O3.HI/c1-15(24-10-11-26-14-16(24)2)12-22-20(21-4)23-13-17(3)27-19-9-7-6-8-18(19)25-5;/h6-9,15-17H,10-14H2,1-5H3,(H2,21,22,23);1H. The van der Waals surface area contributed by atoms with Crippen molar-refractivity contribution in [2.24, 2.45) is 4.99 Å². The molecule has 7 nitrogen and oxygen atoms in total. The minimum Gasteiger partial charge on any atom is -0.493 e. The first kappa shape index (κ1) is 24.8. The lowest BCUT2D eigenvalue weighted by molar-refractivity contribution is -0.0174. The third-order valence-corrected chi connectivity index (χ3v) is 4.73. The summed E-state index contributed by atoms with van der Waals surface area (Å²) in [5, 5.41) is 6.73. The van der Waals surface area contributed by atoms with E-state index < -0.39 is 0 Å². The normalized spacial score (nSPS) is 19.9. The number of hydrogen-bond donors (Lipinski definition) is 2. The number of nitrogens with zero attached hydrogens (tertiary/aromatic N) is 2. The van der Waals surface area contributed by atoms with Crippen molar-refractivity contribution in [3.05, 3.63) is 24.3 Å². The van der Waals surface area contributed by atoms with Crippen LogP contribution in [-0.4, -0.2) is 76.1 Å². The van der Waals surface area contributed by atoms with Crippen LogP contribution in [0.3, 0.4) is 0 Å². The Kier molecular flexibility index (Phi) is 11.6. The minimum absolute atomic E-state index is 0. The summed E-state index contributed by atoms with van der Waals surface area (Å²) in [7, 11) is 3.43. The van der Waals surface area contributed by atoms with Crippen molar-refractivity contribution in [1.29, 1.82) is 0 Å². The highest BCUT2D eigenvalue weighted by atomic mass is 127. The molecule has 1 aromatic rings. The molecule has 2 rings (SSSR count). The van der Waals surface area contributed by atoms with Crippen LogP contribution in [0.5, 0.6) is 11.5 Å². The molecule has 0 aliphatic carbocycles. The fourth-order valence-electron chi connectivity index (χ4n) is 3.19. The van der Waals surface area contributed by atoms with Gasteiger partial charge in [-0.3, -0.25) is 9.89 Å². The quantitative estimate of drug-likeness (QED) is 0.321. The third kappa shape index (κ3) is 7.63. The van der Waals surface area contributed by atoms with Crippen LogP contribution >= 0.6 is 24.0 Å². The summed E-state index contributed by atoms with van der Waals surface area (Å²) >= 11 is 0. The summed E-state index contributed by atoms with van der Waals surface area (Å²) in [6.07, 6.45) is -0.0310. The fraction of sp³-hybridized carbons (Fsp3) is 0.650. The lowest BCUT2D eigenvalue weighted by Crippen LogP contribution is -2.53. The average Bonchev–Trinajstić information content (AvgIpc) is 2.68. The summed E-state index contributed by atoms with van der Waals surface area (Å²) in [5.41, 5.74) is 0. The van der Waals surface area contributed by atoms with Crippen LogP contribution in [0, 0.1) is 0 Å². The number of para-hydroxylation sites is 2. The molecule has 1 aliphatic rings. The Labute approximate surface area is 186 Å². The third-order valence-electron chi connectivity index (χ3n) is 4.73. The van der Waals surface area contributed by atoms with Crippen molar-refractivity contribution < 1.29 is 14.2 Å². The molecular weight excluding hydrogens is 471 g/mol. The molecule has 1 saturated heterocycles. The molecule has 1 aromatic carbocycles. The number of nitrogens with one attached hydrogen (secondary N) is 2. The van der Waals surface area contributed by atoms with Crippen LogP contribution in [0.25, 0.3) is 0 Å². The molecule has 1 fully saturated rings. The van der Waals surface area contributed by atoms with Crippen molar-refractivity contribution in [3.63, 3.8) is 0 Å². The highest BCUT2D eigenvalue weighted by molar-refractivity contribution is 14.0. The minimum atomic E-state index is -0.0310. The molecule has 1 heterocycles. The average molecular weight is 506 g/mol. The largest absolute Gasteiger partial charge is 0.493 e. The van der Waals surface area contributed by atoms with E-state index in [0.29, 0.717) is 18.6 Å². The maximum absolute atomic E-state index is 5.97. The number of rotatable bonds is 8. The van der Waals surface area contributed by atoms with Crippen molar-refractivity contribution in [3.8, 4) is 11.5 Å². The summed E-state index contributed by atoms with van der Waals surface area (Å²) in [4.78, 5) is 6.78. The Morgan fingerprint density at radius 2 is 1.93 bits per heavy atom. The summed E-state index contributed by atoms with van der Waals surface area (Å²) in [5.74, 6) is 2.26. The molecule has 8 heteroatoms. The predicted molar refractivity (Wildman–Crippen MR) is 124 cm³/mol. The van der Waals surface area contributed by atoms with Gasteiger partial charge in [-0.15, -0.1) is 24.0 Å². The second-order valence-corrected chi connectivity index (χ2v) is 6.92. The number of aliphatic imine (C=N–C) groups is 1. The van der Waals surface area contributed by atoms with Gasteiger partial charge in [0.1, 0.15) is 6.10 Å². The zero-order chi connectivity index (χ0) is 19.6. The van der Waals surface area contributed by atoms with E-state index in [1.807, 2.05) is 31.2 Å². The maximum atomic E-state index is 5.97. The highest BCUT2D eigenvalue weighted by Crippen LogP contribution is 2.26. The maximum Gasteiger partial charge on any atom is 0.191 e. The molecule has 3 unspecified atom stereocenters. The second-order valence-electron chi connectivity index (χ2n) is 6.92. The zero-order valence-corrected chi connectivity index (χ0v) is 19.9. The van der Waals surface area contributed by atoms with Gasteiger partial charge in [-0.25, -0.2) is 0 Å². The molecule has 0 radical (unpaired) electrons. The first-order valence-electron chi connectivity index (χ1n) is 9.62. The SMILES string of the molecule is CN=C(NCC(C)Oc1ccccc1OC)NCC(C)N1CCOCC1C.I. The Morgan fingerprint density at radius 3 is 2.57 bits per heavy atom. The van der Waals surface area contributed by atoms with Crippen molar-refractivity contribution in [2.45, 2.75) is 39.0 Å². The molecule has 3 atom stereocenters. The molecule has 0 saturated carbocycles. The molecule has 160 valence electrons. The lowest BCUT2D eigenvalue weighted by atomic mass is 10.2. The van der Waals surface area contributed by atoms with Gasteiger partial charge in [0.05, 0.1) is 26.9 Å². The van der Waals surface area contributed by atoms with E-state index in [1.165, 1.54) is 0 Å². The Bertz CT molecular complexity index is 603. The van der Waals surface area contributed by atoms with Gasteiger partial charge in [-0.2, -0.15) is 0 Å². The molecule has 28 heavy (non-hydrogen) atoms. The van der Waals surface area contributed by atoms with Gasteiger partial charge in [0, 0.05) is 32.2 Å². The summed E-state index contributed by atoms with van der Waals surface area (Å²) in [6.45, 7) is 10.5. The van der Waals surface area contributed by atoms with Crippen LogP contribution in [0.15, 0.2) is 29.3 Å². The van der Waals surface area contributed by atoms with E-state index >= 15 is 0 Å². The number of morpholine rings is 1. The van der Waals surface area contributed by atoms with Gasteiger partial charge in [-0.1, -0.05) is 12.1 Å². The zero-order valence-electron chi connectivity index (χ0n) is 17.6. The number of benzene rings is 1. The number of methoxy groups -OCH3 is 1. The van der Waals surface area contributed by atoms with E-state index in [-0.39, 0.29) is 30.1 Å². The molecule has 0 bridgehead atoms. The van der Waals surface area contributed by atoms with Gasteiger partial charge in [0.2, 0.25) is 0 Å². The van der Waals surface area contributed by atoms with Crippen molar-refractivity contribution in [1.82, 2.24) is 15.5 Å². The van der Waals surface area contributed by atoms with Crippen LogP contribution in [-0.2, 0) is 4.74 Å². The molecule has 0 spiro atoms. The number of halogens is 1. The molecule has 0 aromatic heterocycles. The van der Waals surface area contributed by atoms with Crippen molar-refractivity contribution >= 4 is 29.9 Å². The van der Waals surface area contributed by atoms with Crippen molar-refractivity contribution in [2.75, 3.05) is 47.0 Å². The van der Waals surface area contributed by atoms with Gasteiger partial charge < -0.3 is 24.8 Å². The molecule has 2 N–H and O–H groups in total. The van der Waals surface area contributed by atoms with Gasteiger partial charge in [-0.05, 0) is 32.9 Å². The van der Waals surface area contributed by atoms with Crippen LogP contribution in [0.4, 0.5) is 0 Å². The van der Waals surface area contributed by atoms with E-state index in [4.69, 9.17) is 14.2 Å². The van der Waals surface area contributed by atoms with Gasteiger partial charge in [0.25, 0.3) is 0 Å². The Hall–Kier alpha value is -1.26.